The van der Waals surface area contributed by atoms with E-state index in [0.29, 0.717) is 42.9 Å². The fraction of sp³-hybridized carbons (Fsp3) is 0.417. The molecule has 1 saturated heterocycles. The summed E-state index contributed by atoms with van der Waals surface area (Å²) in [4.78, 5) is 29.0. The number of nitrogens with zero attached hydrogens (tertiary/aromatic N) is 4. The van der Waals surface area contributed by atoms with Gasteiger partial charge in [0.15, 0.2) is 4.80 Å². The van der Waals surface area contributed by atoms with Crippen molar-refractivity contribution in [3.05, 3.63) is 62.9 Å². The predicted octanol–water partition coefficient (Wildman–Crippen LogP) is 3.48. The number of hydrogen-bond donors (Lipinski definition) is 0. The molecule has 0 aliphatic carbocycles. The van der Waals surface area contributed by atoms with Gasteiger partial charge < -0.3 is 9.30 Å². The quantitative estimate of drug-likeness (QED) is 0.249. The van der Waals surface area contributed by atoms with Crippen LogP contribution in [0.25, 0.3) is 10.2 Å². The van der Waals surface area contributed by atoms with Crippen LogP contribution < -0.4 is 4.80 Å². The highest BCUT2D eigenvalue weighted by Gasteiger charge is 2.32. The normalized spacial score (nSPS) is 16.0. The monoisotopic (exact) mass is 532 g/mol. The van der Waals surface area contributed by atoms with E-state index in [1.54, 1.807) is 34.9 Å². The second kappa shape index (κ2) is 11.0. The molecular formula is C24H28N4O6S2. The van der Waals surface area contributed by atoms with Crippen molar-refractivity contribution in [3.63, 3.8) is 0 Å². The number of non-ortho nitro benzene ring substituents is 1. The number of aromatic nitrogens is 1. The molecule has 1 fully saturated rings. The number of nitro groups is 1. The Bertz CT molecular complexity index is 1440. The number of aryl methyl sites for hydroxylation is 1. The first-order valence-electron chi connectivity index (χ1n) is 11.7. The first-order valence-corrected chi connectivity index (χ1v) is 14.0. The molecule has 0 radical (unpaired) electrons. The lowest BCUT2D eigenvalue weighted by atomic mass is 9.98. The first-order chi connectivity index (χ1) is 17.2. The molecule has 0 atom stereocenters. The van der Waals surface area contributed by atoms with Gasteiger partial charge in [-0.2, -0.15) is 9.30 Å². The summed E-state index contributed by atoms with van der Waals surface area (Å²) in [6.07, 6.45) is 0.755. The molecule has 36 heavy (non-hydrogen) atoms. The van der Waals surface area contributed by atoms with Crippen molar-refractivity contribution >= 4 is 43.2 Å². The molecule has 1 aliphatic rings. The molecule has 0 spiro atoms. The van der Waals surface area contributed by atoms with E-state index in [2.05, 4.69) is 4.99 Å². The van der Waals surface area contributed by atoms with Crippen molar-refractivity contribution < 1.29 is 22.9 Å². The Balaban J connectivity index is 1.55. The SMILES string of the molecule is CCOCCn1c(=NC(=O)C2CCN(S(=O)(=O)c3ccc(C)cc3)CC2)sc2ccc([N+](=O)[O-])cc21. The number of hydrogen-bond acceptors (Lipinski definition) is 7. The summed E-state index contributed by atoms with van der Waals surface area (Å²) in [6.45, 7) is 5.56. The summed E-state index contributed by atoms with van der Waals surface area (Å²) in [7, 11) is -3.61. The van der Waals surface area contributed by atoms with Crippen molar-refractivity contribution in [3.8, 4) is 0 Å². The van der Waals surface area contributed by atoms with Gasteiger partial charge >= 0.3 is 0 Å². The Hall–Kier alpha value is -2.93. The van der Waals surface area contributed by atoms with E-state index in [1.807, 2.05) is 13.8 Å². The topological polar surface area (TPSA) is 124 Å². The second-order valence-corrected chi connectivity index (χ2v) is 11.5. The summed E-state index contributed by atoms with van der Waals surface area (Å²) in [6, 6.07) is 11.3. The molecule has 2 heterocycles. The number of nitro benzene ring substituents is 1. The van der Waals surface area contributed by atoms with Gasteiger partial charge in [-0.05, 0) is 44.9 Å². The highest BCUT2D eigenvalue weighted by molar-refractivity contribution is 7.89. The minimum Gasteiger partial charge on any atom is -0.380 e. The minimum atomic E-state index is -3.61. The first kappa shape index (κ1) is 26.1. The van der Waals surface area contributed by atoms with Gasteiger partial charge in [0.05, 0.1) is 26.6 Å². The lowest BCUT2D eigenvalue weighted by Crippen LogP contribution is -2.40. The van der Waals surface area contributed by atoms with Crippen LogP contribution in [-0.4, -0.2) is 54.4 Å². The van der Waals surface area contributed by atoms with Crippen molar-refractivity contribution in [1.29, 1.82) is 0 Å². The molecule has 1 aromatic heterocycles. The molecule has 192 valence electrons. The van der Waals surface area contributed by atoms with Gasteiger partial charge in [0.2, 0.25) is 10.0 Å². The van der Waals surface area contributed by atoms with Gasteiger partial charge in [0.25, 0.3) is 11.6 Å². The van der Waals surface area contributed by atoms with E-state index in [1.165, 1.54) is 27.8 Å². The van der Waals surface area contributed by atoms with E-state index in [0.717, 1.165) is 10.3 Å². The third kappa shape index (κ3) is 5.56. The van der Waals surface area contributed by atoms with Crippen LogP contribution in [0.1, 0.15) is 25.3 Å². The molecule has 0 bridgehead atoms. The van der Waals surface area contributed by atoms with Gasteiger partial charge in [-0.15, -0.1) is 0 Å². The van der Waals surface area contributed by atoms with Crippen LogP contribution in [0.4, 0.5) is 5.69 Å². The average molecular weight is 533 g/mol. The van der Waals surface area contributed by atoms with E-state index < -0.39 is 20.9 Å². The molecule has 0 unspecified atom stereocenters. The Morgan fingerprint density at radius 3 is 2.53 bits per heavy atom. The maximum atomic E-state index is 13.1. The van der Waals surface area contributed by atoms with E-state index in [-0.39, 0.29) is 29.6 Å². The molecule has 1 amide bonds. The second-order valence-electron chi connectivity index (χ2n) is 8.58. The number of rotatable bonds is 8. The zero-order chi connectivity index (χ0) is 25.9. The zero-order valence-corrected chi connectivity index (χ0v) is 21.8. The molecule has 2 aromatic carbocycles. The van der Waals surface area contributed by atoms with Crippen LogP contribution in [0.15, 0.2) is 52.4 Å². The average Bonchev–Trinajstić information content (AvgIpc) is 3.20. The van der Waals surface area contributed by atoms with E-state index in [4.69, 9.17) is 4.74 Å². The molecule has 4 rings (SSSR count). The van der Waals surface area contributed by atoms with Crippen molar-refractivity contribution in [2.45, 2.75) is 38.1 Å². The van der Waals surface area contributed by atoms with E-state index in [9.17, 15) is 23.3 Å². The number of ether oxygens (including phenoxy) is 1. The van der Waals surface area contributed by atoms with Crippen molar-refractivity contribution in [2.75, 3.05) is 26.3 Å². The molecule has 0 saturated carbocycles. The molecule has 10 nitrogen and oxygen atoms in total. The smallest absolute Gasteiger partial charge is 0.271 e. The molecular weight excluding hydrogens is 504 g/mol. The summed E-state index contributed by atoms with van der Waals surface area (Å²) < 4.78 is 35.4. The lowest BCUT2D eigenvalue weighted by Gasteiger charge is -2.29. The zero-order valence-electron chi connectivity index (χ0n) is 20.1. The number of carbonyl (C=O) groups excluding carboxylic acids is 1. The summed E-state index contributed by atoms with van der Waals surface area (Å²) >= 11 is 1.29. The Labute approximate surface area is 213 Å². The van der Waals surface area contributed by atoms with E-state index >= 15 is 0 Å². The molecule has 12 heteroatoms. The number of benzene rings is 2. The predicted molar refractivity (Wildman–Crippen MR) is 136 cm³/mol. The van der Waals surface area contributed by atoms with Gasteiger partial charge in [0, 0.05) is 44.3 Å². The number of amides is 1. The van der Waals surface area contributed by atoms with Crippen LogP contribution in [0.5, 0.6) is 0 Å². The number of fused-ring (bicyclic) bond motifs is 1. The third-order valence-corrected chi connectivity index (χ3v) is 9.18. The Kier molecular flexibility index (Phi) is 7.98. The maximum absolute atomic E-state index is 13.1. The fourth-order valence-corrected chi connectivity index (χ4v) is 6.67. The van der Waals surface area contributed by atoms with Gasteiger partial charge in [0.1, 0.15) is 0 Å². The van der Waals surface area contributed by atoms with Gasteiger partial charge in [-0.25, -0.2) is 8.42 Å². The van der Waals surface area contributed by atoms with Crippen LogP contribution in [-0.2, 0) is 26.1 Å². The number of thiazole rings is 1. The van der Waals surface area contributed by atoms with Crippen molar-refractivity contribution in [1.82, 2.24) is 8.87 Å². The number of piperidine rings is 1. The van der Waals surface area contributed by atoms with Crippen LogP contribution in [0.2, 0.25) is 0 Å². The summed E-state index contributed by atoms with van der Waals surface area (Å²) in [5.41, 5.74) is 1.57. The minimum absolute atomic E-state index is 0.0366. The standard InChI is InChI=1S/C24H28N4O6S2/c1-3-34-15-14-27-21-16-19(28(30)31)6-9-22(21)35-24(27)25-23(29)18-10-12-26(13-11-18)36(32,33)20-7-4-17(2)5-8-20/h4-9,16,18H,3,10-15H2,1-2H3. The summed E-state index contributed by atoms with van der Waals surface area (Å²) in [5, 5.41) is 11.3. The van der Waals surface area contributed by atoms with Gasteiger partial charge in [-0.1, -0.05) is 29.0 Å². The molecule has 0 N–H and O–H groups in total. The largest absolute Gasteiger partial charge is 0.380 e. The highest BCUT2D eigenvalue weighted by atomic mass is 32.2. The van der Waals surface area contributed by atoms with Crippen LogP contribution in [0, 0.1) is 23.0 Å². The Morgan fingerprint density at radius 1 is 1.19 bits per heavy atom. The van der Waals surface area contributed by atoms with Crippen molar-refractivity contribution in [2.24, 2.45) is 10.9 Å². The van der Waals surface area contributed by atoms with Crippen LogP contribution in [0.3, 0.4) is 0 Å². The number of carbonyl (C=O) groups is 1. The summed E-state index contributed by atoms with van der Waals surface area (Å²) in [5.74, 6) is -0.706. The maximum Gasteiger partial charge on any atom is 0.271 e. The van der Waals surface area contributed by atoms with Gasteiger partial charge in [-0.3, -0.25) is 14.9 Å². The highest BCUT2D eigenvalue weighted by Crippen LogP contribution is 2.26. The van der Waals surface area contributed by atoms with Crippen LogP contribution >= 0.6 is 11.3 Å². The third-order valence-electron chi connectivity index (χ3n) is 6.21. The Morgan fingerprint density at radius 2 is 1.89 bits per heavy atom. The number of sulfonamides is 1. The molecule has 1 aliphatic heterocycles. The lowest BCUT2D eigenvalue weighted by molar-refractivity contribution is -0.384. The molecule has 3 aromatic rings. The fourth-order valence-electron chi connectivity index (χ4n) is 4.16.